The maximum atomic E-state index is 5.70. The predicted molar refractivity (Wildman–Crippen MR) is 73.9 cm³/mol. The van der Waals surface area contributed by atoms with Gasteiger partial charge >= 0.3 is 0 Å². The van der Waals surface area contributed by atoms with Crippen molar-refractivity contribution in [1.82, 2.24) is 9.97 Å². The summed E-state index contributed by atoms with van der Waals surface area (Å²) >= 11 is 0. The highest BCUT2D eigenvalue weighted by molar-refractivity contribution is 5.79. The van der Waals surface area contributed by atoms with E-state index in [0.29, 0.717) is 18.2 Å². The molecule has 3 aromatic rings. The SMILES string of the molecule is NCc1cccc(Oc2cnc3ccccc3c2)n1. The van der Waals surface area contributed by atoms with Crippen molar-refractivity contribution < 1.29 is 4.74 Å². The summed E-state index contributed by atoms with van der Waals surface area (Å²) in [5.41, 5.74) is 7.30. The van der Waals surface area contributed by atoms with Crippen molar-refractivity contribution in [2.24, 2.45) is 5.73 Å². The Balaban J connectivity index is 1.92. The molecule has 2 aromatic heterocycles. The summed E-state index contributed by atoms with van der Waals surface area (Å²) in [6.45, 7) is 0.396. The highest BCUT2D eigenvalue weighted by atomic mass is 16.5. The van der Waals surface area contributed by atoms with Gasteiger partial charge in [-0.3, -0.25) is 4.98 Å². The lowest BCUT2D eigenvalue weighted by Gasteiger charge is -2.06. The normalized spacial score (nSPS) is 10.6. The molecule has 0 saturated heterocycles. The van der Waals surface area contributed by atoms with Crippen LogP contribution in [0.25, 0.3) is 10.9 Å². The zero-order valence-electron chi connectivity index (χ0n) is 10.3. The lowest BCUT2D eigenvalue weighted by Crippen LogP contribution is -2.00. The van der Waals surface area contributed by atoms with Gasteiger partial charge in [0.1, 0.15) is 5.75 Å². The van der Waals surface area contributed by atoms with Crippen LogP contribution in [0.5, 0.6) is 11.6 Å². The number of rotatable bonds is 3. The van der Waals surface area contributed by atoms with E-state index in [2.05, 4.69) is 9.97 Å². The smallest absolute Gasteiger partial charge is 0.219 e. The maximum Gasteiger partial charge on any atom is 0.219 e. The lowest BCUT2D eigenvalue weighted by molar-refractivity contribution is 0.459. The Morgan fingerprint density at radius 1 is 1.05 bits per heavy atom. The highest BCUT2D eigenvalue weighted by Crippen LogP contribution is 2.22. The van der Waals surface area contributed by atoms with E-state index in [1.54, 1.807) is 12.3 Å². The van der Waals surface area contributed by atoms with Crippen LogP contribution in [-0.4, -0.2) is 9.97 Å². The second-order valence-corrected chi connectivity index (χ2v) is 4.14. The summed E-state index contributed by atoms with van der Waals surface area (Å²) in [5, 5.41) is 1.04. The zero-order chi connectivity index (χ0) is 13.1. The van der Waals surface area contributed by atoms with E-state index in [0.717, 1.165) is 16.6 Å². The third-order valence-corrected chi connectivity index (χ3v) is 2.78. The van der Waals surface area contributed by atoms with E-state index in [1.807, 2.05) is 42.5 Å². The molecule has 0 aliphatic carbocycles. The van der Waals surface area contributed by atoms with E-state index >= 15 is 0 Å². The molecule has 4 heteroatoms. The van der Waals surface area contributed by atoms with Crippen molar-refractivity contribution in [2.45, 2.75) is 6.54 Å². The summed E-state index contributed by atoms with van der Waals surface area (Å²) in [6.07, 6.45) is 1.69. The number of benzene rings is 1. The highest BCUT2D eigenvalue weighted by Gasteiger charge is 2.02. The number of para-hydroxylation sites is 1. The van der Waals surface area contributed by atoms with E-state index in [1.165, 1.54) is 0 Å². The molecule has 0 atom stereocenters. The van der Waals surface area contributed by atoms with Gasteiger partial charge in [0, 0.05) is 18.0 Å². The summed E-state index contributed by atoms with van der Waals surface area (Å²) in [4.78, 5) is 8.63. The minimum Gasteiger partial charge on any atom is -0.437 e. The molecule has 1 aromatic carbocycles. The Morgan fingerprint density at radius 3 is 2.84 bits per heavy atom. The van der Waals surface area contributed by atoms with Gasteiger partial charge in [-0.2, -0.15) is 0 Å². The van der Waals surface area contributed by atoms with Crippen LogP contribution in [0, 0.1) is 0 Å². The van der Waals surface area contributed by atoms with Gasteiger partial charge in [0.05, 0.1) is 17.4 Å². The molecule has 0 aliphatic heterocycles. The molecular formula is C15H13N3O. The van der Waals surface area contributed by atoms with Crippen LogP contribution in [0.15, 0.2) is 54.7 Å². The molecule has 0 saturated carbocycles. The fourth-order valence-electron chi connectivity index (χ4n) is 1.86. The molecule has 0 unspecified atom stereocenters. The number of nitrogens with two attached hydrogens (primary N) is 1. The van der Waals surface area contributed by atoms with E-state index in [-0.39, 0.29) is 0 Å². The molecule has 2 heterocycles. The second kappa shape index (κ2) is 5.04. The maximum absolute atomic E-state index is 5.70. The molecule has 2 N–H and O–H groups in total. The quantitative estimate of drug-likeness (QED) is 0.777. The van der Waals surface area contributed by atoms with E-state index in [4.69, 9.17) is 10.5 Å². The monoisotopic (exact) mass is 251 g/mol. The lowest BCUT2D eigenvalue weighted by atomic mass is 10.2. The Labute approximate surface area is 110 Å². The van der Waals surface area contributed by atoms with Crippen molar-refractivity contribution >= 4 is 10.9 Å². The number of aromatic nitrogens is 2. The number of pyridine rings is 2. The summed E-state index contributed by atoms with van der Waals surface area (Å²) in [5.74, 6) is 1.19. The molecule has 19 heavy (non-hydrogen) atoms. The first kappa shape index (κ1) is 11.6. The van der Waals surface area contributed by atoms with Crippen LogP contribution in [-0.2, 0) is 6.54 Å². The molecule has 0 amide bonds. The van der Waals surface area contributed by atoms with Crippen LogP contribution in [0.1, 0.15) is 5.69 Å². The molecule has 0 aliphatic rings. The zero-order valence-corrected chi connectivity index (χ0v) is 10.3. The molecule has 0 spiro atoms. The molecule has 0 radical (unpaired) electrons. The van der Waals surface area contributed by atoms with E-state index < -0.39 is 0 Å². The van der Waals surface area contributed by atoms with Crippen molar-refractivity contribution in [3.8, 4) is 11.6 Å². The summed E-state index contributed by atoms with van der Waals surface area (Å²) in [7, 11) is 0. The second-order valence-electron chi connectivity index (χ2n) is 4.14. The Morgan fingerprint density at radius 2 is 1.95 bits per heavy atom. The van der Waals surface area contributed by atoms with Gasteiger partial charge in [0.15, 0.2) is 0 Å². The van der Waals surface area contributed by atoms with Crippen LogP contribution in [0.4, 0.5) is 0 Å². The van der Waals surface area contributed by atoms with Gasteiger partial charge in [-0.05, 0) is 18.2 Å². The minimum atomic E-state index is 0.396. The first-order chi connectivity index (χ1) is 9.35. The third kappa shape index (κ3) is 2.53. The first-order valence-corrected chi connectivity index (χ1v) is 6.04. The van der Waals surface area contributed by atoms with Gasteiger partial charge in [-0.15, -0.1) is 0 Å². The molecule has 0 bridgehead atoms. The molecule has 3 rings (SSSR count). The van der Waals surface area contributed by atoms with Crippen molar-refractivity contribution in [3.05, 3.63) is 60.4 Å². The van der Waals surface area contributed by atoms with Gasteiger partial charge in [-0.25, -0.2) is 4.98 Å². The van der Waals surface area contributed by atoms with Gasteiger partial charge in [0.2, 0.25) is 5.88 Å². The van der Waals surface area contributed by atoms with E-state index in [9.17, 15) is 0 Å². The number of hydrogen-bond acceptors (Lipinski definition) is 4. The van der Waals surface area contributed by atoms with Crippen molar-refractivity contribution in [1.29, 1.82) is 0 Å². The molecule has 94 valence electrons. The number of hydrogen-bond donors (Lipinski definition) is 1. The van der Waals surface area contributed by atoms with Crippen LogP contribution in [0.2, 0.25) is 0 Å². The largest absolute Gasteiger partial charge is 0.437 e. The topological polar surface area (TPSA) is 61.0 Å². The van der Waals surface area contributed by atoms with Crippen LogP contribution < -0.4 is 10.5 Å². The summed E-state index contributed by atoms with van der Waals surface area (Å²) in [6, 6.07) is 15.4. The number of fused-ring (bicyclic) bond motifs is 1. The average Bonchev–Trinajstić information content (AvgIpc) is 2.47. The summed E-state index contributed by atoms with van der Waals surface area (Å²) < 4.78 is 5.70. The Kier molecular flexibility index (Phi) is 3.08. The average molecular weight is 251 g/mol. The molecule has 4 nitrogen and oxygen atoms in total. The van der Waals surface area contributed by atoms with Crippen LogP contribution in [0.3, 0.4) is 0 Å². The fraction of sp³-hybridized carbons (Fsp3) is 0.0667. The Bertz CT molecular complexity index is 712. The fourth-order valence-corrected chi connectivity index (χ4v) is 1.86. The Hall–Kier alpha value is -2.46. The third-order valence-electron chi connectivity index (χ3n) is 2.78. The van der Waals surface area contributed by atoms with Gasteiger partial charge in [-0.1, -0.05) is 24.3 Å². The standard InChI is InChI=1S/C15H13N3O/c16-9-12-5-3-7-15(18-12)19-13-8-11-4-1-2-6-14(11)17-10-13/h1-8,10H,9,16H2. The molecular weight excluding hydrogens is 238 g/mol. The number of ether oxygens (including phenoxy) is 1. The number of nitrogens with zero attached hydrogens (tertiary/aromatic N) is 2. The first-order valence-electron chi connectivity index (χ1n) is 6.04. The van der Waals surface area contributed by atoms with Crippen molar-refractivity contribution in [3.63, 3.8) is 0 Å². The predicted octanol–water partition coefficient (Wildman–Crippen LogP) is 2.88. The minimum absolute atomic E-state index is 0.396. The van der Waals surface area contributed by atoms with Crippen LogP contribution >= 0.6 is 0 Å². The molecule has 0 fully saturated rings. The van der Waals surface area contributed by atoms with Crippen molar-refractivity contribution in [2.75, 3.05) is 0 Å². The van der Waals surface area contributed by atoms with Gasteiger partial charge < -0.3 is 10.5 Å². The van der Waals surface area contributed by atoms with Gasteiger partial charge in [0.25, 0.3) is 0 Å².